The molecule has 3 rings (SSSR count). The highest BCUT2D eigenvalue weighted by molar-refractivity contribution is 5.76. The van der Waals surface area contributed by atoms with Crippen LogP contribution < -0.4 is 4.74 Å². The summed E-state index contributed by atoms with van der Waals surface area (Å²) >= 11 is 0. The zero-order valence-electron chi connectivity index (χ0n) is 14.2. The van der Waals surface area contributed by atoms with Crippen molar-refractivity contribution in [3.63, 3.8) is 0 Å². The summed E-state index contributed by atoms with van der Waals surface area (Å²) in [4.78, 5) is 22.9. The first-order valence-corrected chi connectivity index (χ1v) is 8.63. The Hall–Kier alpha value is -2.47. The van der Waals surface area contributed by atoms with Crippen LogP contribution in [0.4, 0.5) is 0 Å². The van der Waals surface area contributed by atoms with Crippen molar-refractivity contribution < 1.29 is 14.3 Å². The van der Waals surface area contributed by atoms with Gasteiger partial charge in [-0.3, -0.25) is 14.8 Å². The maximum Gasteiger partial charge on any atom is 0.226 e. The fourth-order valence-corrected chi connectivity index (χ4v) is 2.91. The molecule has 2 heterocycles. The van der Waals surface area contributed by atoms with Crippen LogP contribution in [0.5, 0.6) is 5.75 Å². The second kappa shape index (κ2) is 9.13. The van der Waals surface area contributed by atoms with Crippen LogP contribution in [0.3, 0.4) is 0 Å². The van der Waals surface area contributed by atoms with Gasteiger partial charge in [-0.1, -0.05) is 18.2 Å². The highest BCUT2D eigenvalue weighted by atomic mass is 16.5. The Morgan fingerprint density at radius 2 is 2.16 bits per heavy atom. The van der Waals surface area contributed by atoms with Crippen molar-refractivity contribution in [3.05, 3.63) is 54.6 Å². The van der Waals surface area contributed by atoms with E-state index in [0.717, 1.165) is 24.3 Å². The standard InChI is InChI=1S/C19H23N3O3/c23-19(8-12-25-18-4-2-1-3-5-18)22-11-13-24-15-17(22)7-6-16-14-20-9-10-21-16/h1-5,9-10,14,17H,6-8,11-13,15H2/t17-/m1/s1. The summed E-state index contributed by atoms with van der Waals surface area (Å²) in [5.74, 6) is 0.903. The monoisotopic (exact) mass is 341 g/mol. The SMILES string of the molecule is O=C(CCOc1ccccc1)N1CCOC[C@H]1CCc1cnccn1. The first kappa shape index (κ1) is 17.4. The molecule has 132 valence electrons. The highest BCUT2D eigenvalue weighted by Crippen LogP contribution is 2.15. The fraction of sp³-hybridized carbons (Fsp3) is 0.421. The van der Waals surface area contributed by atoms with Gasteiger partial charge in [-0.15, -0.1) is 0 Å². The van der Waals surface area contributed by atoms with Crippen LogP contribution in [0.15, 0.2) is 48.9 Å². The molecule has 1 aliphatic heterocycles. The minimum Gasteiger partial charge on any atom is -0.493 e. The average Bonchev–Trinajstić information content (AvgIpc) is 2.68. The Bertz CT molecular complexity index is 651. The molecule has 1 aromatic carbocycles. The molecule has 1 aliphatic rings. The van der Waals surface area contributed by atoms with Gasteiger partial charge in [0.05, 0.1) is 38.0 Å². The molecular weight excluding hydrogens is 318 g/mol. The van der Waals surface area contributed by atoms with Crippen LogP contribution in [0.25, 0.3) is 0 Å². The van der Waals surface area contributed by atoms with Gasteiger partial charge in [0.2, 0.25) is 5.91 Å². The molecular formula is C19H23N3O3. The third-order valence-corrected chi connectivity index (χ3v) is 4.23. The average molecular weight is 341 g/mol. The molecule has 1 saturated heterocycles. The van der Waals surface area contributed by atoms with Crippen molar-refractivity contribution in [3.8, 4) is 5.75 Å². The normalized spacial score (nSPS) is 17.3. The molecule has 1 fully saturated rings. The second-order valence-corrected chi connectivity index (χ2v) is 5.96. The highest BCUT2D eigenvalue weighted by Gasteiger charge is 2.26. The lowest BCUT2D eigenvalue weighted by molar-refractivity contribution is -0.140. The molecule has 0 aliphatic carbocycles. The number of rotatable bonds is 7. The van der Waals surface area contributed by atoms with E-state index in [4.69, 9.17) is 9.47 Å². The molecule has 0 radical (unpaired) electrons. The Kier molecular flexibility index (Phi) is 6.34. The van der Waals surface area contributed by atoms with Gasteiger partial charge in [-0.2, -0.15) is 0 Å². The minimum absolute atomic E-state index is 0.0833. The number of amides is 1. The van der Waals surface area contributed by atoms with Crippen LogP contribution in [0, 0.1) is 0 Å². The van der Waals surface area contributed by atoms with Crippen molar-refractivity contribution >= 4 is 5.91 Å². The molecule has 2 aromatic rings. The third kappa shape index (κ3) is 5.26. The van der Waals surface area contributed by atoms with Gasteiger partial charge in [0, 0.05) is 25.1 Å². The fourth-order valence-electron chi connectivity index (χ4n) is 2.91. The maximum atomic E-state index is 12.6. The van der Waals surface area contributed by atoms with Crippen molar-refractivity contribution in [1.82, 2.24) is 14.9 Å². The molecule has 6 nitrogen and oxygen atoms in total. The number of carbonyl (C=O) groups is 1. The summed E-state index contributed by atoms with van der Waals surface area (Å²) in [6.07, 6.45) is 7.10. The van der Waals surface area contributed by atoms with E-state index in [0.29, 0.717) is 32.8 Å². The summed E-state index contributed by atoms with van der Waals surface area (Å²) in [5, 5.41) is 0. The lowest BCUT2D eigenvalue weighted by Gasteiger charge is -2.35. The predicted molar refractivity (Wildman–Crippen MR) is 93.2 cm³/mol. The molecule has 0 spiro atoms. The summed E-state index contributed by atoms with van der Waals surface area (Å²) in [6.45, 7) is 2.19. The summed E-state index contributed by atoms with van der Waals surface area (Å²) in [7, 11) is 0. The van der Waals surface area contributed by atoms with Gasteiger partial charge >= 0.3 is 0 Å². The van der Waals surface area contributed by atoms with E-state index in [1.807, 2.05) is 35.2 Å². The topological polar surface area (TPSA) is 64.5 Å². The number of aromatic nitrogens is 2. The second-order valence-electron chi connectivity index (χ2n) is 5.96. The Morgan fingerprint density at radius 1 is 1.28 bits per heavy atom. The number of para-hydroxylation sites is 1. The van der Waals surface area contributed by atoms with Gasteiger partial charge in [-0.05, 0) is 25.0 Å². The number of aryl methyl sites for hydroxylation is 1. The van der Waals surface area contributed by atoms with Gasteiger partial charge in [0.15, 0.2) is 0 Å². The van der Waals surface area contributed by atoms with E-state index in [1.165, 1.54) is 0 Å². The molecule has 1 aromatic heterocycles. The van der Waals surface area contributed by atoms with E-state index in [2.05, 4.69) is 9.97 Å². The smallest absolute Gasteiger partial charge is 0.226 e. The van der Waals surface area contributed by atoms with E-state index >= 15 is 0 Å². The predicted octanol–water partition coefficient (Wildman–Crippen LogP) is 2.11. The Labute approximate surface area is 147 Å². The van der Waals surface area contributed by atoms with Gasteiger partial charge < -0.3 is 14.4 Å². The van der Waals surface area contributed by atoms with E-state index < -0.39 is 0 Å². The quantitative estimate of drug-likeness (QED) is 0.772. The minimum atomic E-state index is 0.0833. The molecule has 1 atom stereocenters. The van der Waals surface area contributed by atoms with Crippen LogP contribution in [0.2, 0.25) is 0 Å². The number of morpholine rings is 1. The summed E-state index contributed by atoms with van der Waals surface area (Å²) in [6, 6.07) is 9.64. The van der Waals surface area contributed by atoms with Crippen LogP contribution in [0.1, 0.15) is 18.5 Å². The van der Waals surface area contributed by atoms with Gasteiger partial charge in [0.25, 0.3) is 0 Å². The van der Waals surface area contributed by atoms with E-state index in [-0.39, 0.29) is 11.9 Å². The molecule has 0 saturated carbocycles. The molecule has 0 unspecified atom stereocenters. The Morgan fingerprint density at radius 3 is 2.96 bits per heavy atom. The van der Waals surface area contributed by atoms with Crippen LogP contribution in [-0.2, 0) is 16.0 Å². The van der Waals surface area contributed by atoms with Crippen molar-refractivity contribution in [1.29, 1.82) is 0 Å². The maximum absolute atomic E-state index is 12.6. The van der Waals surface area contributed by atoms with Crippen molar-refractivity contribution in [2.45, 2.75) is 25.3 Å². The zero-order valence-corrected chi connectivity index (χ0v) is 14.2. The number of carbonyl (C=O) groups excluding carboxylic acids is 1. The van der Waals surface area contributed by atoms with Crippen LogP contribution in [-0.4, -0.2) is 53.2 Å². The van der Waals surface area contributed by atoms with Crippen LogP contribution >= 0.6 is 0 Å². The first-order valence-electron chi connectivity index (χ1n) is 8.63. The largest absolute Gasteiger partial charge is 0.493 e. The van der Waals surface area contributed by atoms with Gasteiger partial charge in [-0.25, -0.2) is 0 Å². The first-order chi connectivity index (χ1) is 12.3. The molecule has 0 bridgehead atoms. The van der Waals surface area contributed by atoms with E-state index in [9.17, 15) is 4.79 Å². The summed E-state index contributed by atoms with van der Waals surface area (Å²) < 4.78 is 11.2. The van der Waals surface area contributed by atoms with Crippen molar-refractivity contribution in [2.24, 2.45) is 0 Å². The Balaban J connectivity index is 1.48. The summed E-state index contributed by atoms with van der Waals surface area (Å²) in [5.41, 5.74) is 0.938. The lowest BCUT2D eigenvalue weighted by atomic mass is 10.1. The lowest BCUT2D eigenvalue weighted by Crippen LogP contribution is -2.49. The molecule has 1 amide bonds. The third-order valence-electron chi connectivity index (χ3n) is 4.23. The number of hydrogen-bond donors (Lipinski definition) is 0. The molecule has 6 heteroatoms. The van der Waals surface area contributed by atoms with Crippen molar-refractivity contribution in [2.75, 3.05) is 26.4 Å². The molecule has 25 heavy (non-hydrogen) atoms. The van der Waals surface area contributed by atoms with Gasteiger partial charge in [0.1, 0.15) is 5.75 Å². The van der Waals surface area contributed by atoms with E-state index in [1.54, 1.807) is 18.6 Å². The number of benzene rings is 1. The number of hydrogen-bond acceptors (Lipinski definition) is 5. The number of ether oxygens (including phenoxy) is 2. The number of nitrogens with zero attached hydrogens (tertiary/aromatic N) is 3. The zero-order chi connectivity index (χ0) is 17.3. The molecule has 0 N–H and O–H groups in total.